The Hall–Kier alpha value is -3.41. The molecule has 4 rings (SSSR count). The van der Waals surface area contributed by atoms with Crippen molar-refractivity contribution in [3.05, 3.63) is 70.9 Å². The number of aryl methyl sites for hydroxylation is 1. The van der Waals surface area contributed by atoms with Crippen LogP contribution in [-0.4, -0.2) is 30.6 Å². The van der Waals surface area contributed by atoms with Gasteiger partial charge in [0.2, 0.25) is 0 Å². The molecule has 2 aromatic carbocycles. The average molecular weight is 390 g/mol. The average Bonchev–Trinajstić information content (AvgIpc) is 3.22. The number of rotatable bonds is 6. The maximum atomic E-state index is 12.8. The number of para-hydroxylation sites is 2. The lowest BCUT2D eigenvalue weighted by atomic mass is 10.0. The first-order valence-corrected chi connectivity index (χ1v) is 9.63. The van der Waals surface area contributed by atoms with Gasteiger partial charge in [0.05, 0.1) is 18.2 Å². The molecular formula is C23H22N2O4. The molecule has 1 aromatic heterocycles. The first-order valence-electron chi connectivity index (χ1n) is 9.63. The van der Waals surface area contributed by atoms with E-state index in [0.717, 1.165) is 47.0 Å². The third kappa shape index (κ3) is 3.92. The molecule has 0 saturated carbocycles. The Bertz CT molecular complexity index is 1080. The first kappa shape index (κ1) is 18.9. The van der Waals surface area contributed by atoms with E-state index in [1.54, 1.807) is 7.11 Å². The molecule has 6 nitrogen and oxygen atoms in total. The van der Waals surface area contributed by atoms with E-state index in [-0.39, 0.29) is 12.5 Å². The number of esters is 1. The van der Waals surface area contributed by atoms with Gasteiger partial charge in [-0.25, -0.2) is 4.79 Å². The number of carbonyl (C=O) groups excluding carboxylic acids is 2. The van der Waals surface area contributed by atoms with Crippen LogP contribution in [0.2, 0.25) is 0 Å². The molecule has 0 fully saturated rings. The van der Waals surface area contributed by atoms with Crippen molar-refractivity contribution in [2.75, 3.05) is 13.7 Å². The molecule has 1 heterocycles. The highest BCUT2D eigenvalue weighted by Crippen LogP contribution is 2.30. The van der Waals surface area contributed by atoms with Gasteiger partial charge in [0, 0.05) is 23.2 Å². The van der Waals surface area contributed by atoms with Crippen molar-refractivity contribution in [3.63, 3.8) is 0 Å². The van der Waals surface area contributed by atoms with Crippen molar-refractivity contribution in [1.82, 2.24) is 10.3 Å². The van der Waals surface area contributed by atoms with E-state index in [0.29, 0.717) is 17.9 Å². The third-order valence-corrected chi connectivity index (χ3v) is 5.13. The predicted octanol–water partition coefficient (Wildman–Crippen LogP) is 3.21. The molecule has 3 aromatic rings. The van der Waals surface area contributed by atoms with E-state index in [9.17, 15) is 9.59 Å². The second-order valence-corrected chi connectivity index (χ2v) is 6.95. The van der Waals surface area contributed by atoms with Crippen LogP contribution in [0.4, 0.5) is 0 Å². The van der Waals surface area contributed by atoms with Crippen LogP contribution in [0.1, 0.15) is 33.6 Å². The van der Waals surface area contributed by atoms with Crippen molar-refractivity contribution in [2.24, 2.45) is 0 Å². The third-order valence-electron chi connectivity index (χ3n) is 5.13. The second-order valence-electron chi connectivity index (χ2n) is 6.95. The first-order chi connectivity index (χ1) is 14.2. The van der Waals surface area contributed by atoms with Crippen LogP contribution in [0, 0.1) is 0 Å². The lowest BCUT2D eigenvalue weighted by molar-refractivity contribution is -0.124. The monoisotopic (exact) mass is 390 g/mol. The molecule has 0 bridgehead atoms. The molecule has 0 saturated heterocycles. The van der Waals surface area contributed by atoms with Crippen LogP contribution in [0.3, 0.4) is 0 Å². The van der Waals surface area contributed by atoms with Crippen LogP contribution in [-0.2, 0) is 28.9 Å². The maximum Gasteiger partial charge on any atom is 0.339 e. The van der Waals surface area contributed by atoms with Gasteiger partial charge < -0.3 is 14.8 Å². The summed E-state index contributed by atoms with van der Waals surface area (Å²) in [6.07, 6.45) is 2.63. The fourth-order valence-corrected chi connectivity index (χ4v) is 3.74. The maximum absolute atomic E-state index is 12.8. The summed E-state index contributed by atoms with van der Waals surface area (Å²) < 4.78 is 10.6. The summed E-state index contributed by atoms with van der Waals surface area (Å²) in [6, 6.07) is 15.0. The van der Waals surface area contributed by atoms with E-state index in [4.69, 9.17) is 9.47 Å². The highest BCUT2D eigenvalue weighted by molar-refractivity contribution is 6.05. The summed E-state index contributed by atoms with van der Waals surface area (Å²) in [5.41, 5.74) is 4.08. The van der Waals surface area contributed by atoms with E-state index >= 15 is 0 Å². The number of benzene rings is 2. The van der Waals surface area contributed by atoms with Crippen LogP contribution in [0.15, 0.2) is 48.5 Å². The smallest absolute Gasteiger partial charge is 0.339 e. The van der Waals surface area contributed by atoms with E-state index in [1.165, 1.54) is 0 Å². The number of hydrogen-bond donors (Lipinski definition) is 1. The summed E-state index contributed by atoms with van der Waals surface area (Å²) >= 11 is 0. The highest BCUT2D eigenvalue weighted by Gasteiger charge is 2.25. The normalized spacial score (nSPS) is 12.4. The van der Waals surface area contributed by atoms with E-state index in [2.05, 4.69) is 10.3 Å². The SMILES string of the molecule is COc1ccccc1CNC(=O)COC(=O)c1c2c(nc3ccccc13)CCC2. The minimum Gasteiger partial charge on any atom is -0.496 e. The summed E-state index contributed by atoms with van der Waals surface area (Å²) in [6.45, 7) is -0.0343. The van der Waals surface area contributed by atoms with E-state index in [1.807, 2.05) is 48.5 Å². The second kappa shape index (κ2) is 8.31. The quantitative estimate of drug-likeness (QED) is 0.654. The number of aromatic nitrogens is 1. The van der Waals surface area contributed by atoms with Crippen molar-refractivity contribution >= 4 is 22.8 Å². The molecule has 0 radical (unpaired) electrons. The zero-order valence-corrected chi connectivity index (χ0v) is 16.2. The summed E-state index contributed by atoms with van der Waals surface area (Å²) in [7, 11) is 1.58. The van der Waals surface area contributed by atoms with Gasteiger partial charge in [-0.2, -0.15) is 0 Å². The number of pyridine rings is 1. The summed E-state index contributed by atoms with van der Waals surface area (Å²) in [4.78, 5) is 29.7. The van der Waals surface area contributed by atoms with Gasteiger partial charge in [-0.15, -0.1) is 0 Å². The number of fused-ring (bicyclic) bond motifs is 2. The molecule has 6 heteroatoms. The molecule has 1 amide bonds. The fourth-order valence-electron chi connectivity index (χ4n) is 3.74. The molecule has 1 N–H and O–H groups in total. The Labute approximate surface area is 168 Å². The molecule has 1 aliphatic carbocycles. The Balaban J connectivity index is 1.45. The molecule has 0 atom stereocenters. The van der Waals surface area contributed by atoms with Crippen LogP contribution < -0.4 is 10.1 Å². The molecule has 0 unspecified atom stereocenters. The van der Waals surface area contributed by atoms with Gasteiger partial charge in [0.1, 0.15) is 5.75 Å². The number of hydrogen-bond acceptors (Lipinski definition) is 5. The van der Waals surface area contributed by atoms with Crippen molar-refractivity contribution in [1.29, 1.82) is 0 Å². The lowest BCUT2D eigenvalue weighted by Gasteiger charge is -2.13. The fraction of sp³-hybridized carbons (Fsp3) is 0.261. The number of ether oxygens (including phenoxy) is 2. The van der Waals surface area contributed by atoms with Crippen molar-refractivity contribution in [3.8, 4) is 5.75 Å². The zero-order chi connectivity index (χ0) is 20.2. The molecule has 0 aliphatic heterocycles. The van der Waals surface area contributed by atoms with Crippen molar-refractivity contribution < 1.29 is 19.1 Å². The van der Waals surface area contributed by atoms with Crippen LogP contribution in [0.25, 0.3) is 10.9 Å². The van der Waals surface area contributed by atoms with Gasteiger partial charge >= 0.3 is 5.97 Å². The summed E-state index contributed by atoms with van der Waals surface area (Å²) in [5.74, 6) is -0.142. The predicted molar refractivity (Wildman–Crippen MR) is 109 cm³/mol. The van der Waals surface area contributed by atoms with Crippen molar-refractivity contribution in [2.45, 2.75) is 25.8 Å². The number of nitrogens with zero attached hydrogens (tertiary/aromatic N) is 1. The van der Waals surface area contributed by atoms with Gasteiger partial charge in [-0.05, 0) is 37.0 Å². The van der Waals surface area contributed by atoms with Crippen LogP contribution in [0.5, 0.6) is 5.75 Å². The van der Waals surface area contributed by atoms with Gasteiger partial charge in [0.15, 0.2) is 6.61 Å². The minimum atomic E-state index is -0.478. The minimum absolute atomic E-state index is 0.300. The lowest BCUT2D eigenvalue weighted by Crippen LogP contribution is -2.28. The Kier molecular flexibility index (Phi) is 5.42. The number of nitrogens with one attached hydrogen (secondary N) is 1. The Morgan fingerprint density at radius 1 is 1.07 bits per heavy atom. The van der Waals surface area contributed by atoms with E-state index < -0.39 is 5.97 Å². The zero-order valence-electron chi connectivity index (χ0n) is 16.2. The van der Waals surface area contributed by atoms with Gasteiger partial charge in [-0.3, -0.25) is 9.78 Å². The Morgan fingerprint density at radius 2 is 1.86 bits per heavy atom. The highest BCUT2D eigenvalue weighted by atomic mass is 16.5. The standard InChI is InChI=1S/C23H22N2O4/c1-28-20-12-5-2-7-15(20)13-24-21(26)14-29-23(27)22-16-8-3-4-10-18(16)25-19-11-6-9-17(19)22/h2-5,7-8,10,12H,6,9,11,13-14H2,1H3,(H,24,26). The summed E-state index contributed by atoms with van der Waals surface area (Å²) in [5, 5.41) is 3.53. The number of carbonyl (C=O) groups is 2. The molecule has 29 heavy (non-hydrogen) atoms. The van der Waals surface area contributed by atoms with Crippen LogP contribution >= 0.6 is 0 Å². The molecule has 148 valence electrons. The molecule has 0 spiro atoms. The molecule has 1 aliphatic rings. The largest absolute Gasteiger partial charge is 0.496 e. The Morgan fingerprint density at radius 3 is 2.72 bits per heavy atom. The molecular weight excluding hydrogens is 368 g/mol. The van der Waals surface area contributed by atoms with Gasteiger partial charge in [-0.1, -0.05) is 36.4 Å². The van der Waals surface area contributed by atoms with Gasteiger partial charge in [0.25, 0.3) is 5.91 Å². The topological polar surface area (TPSA) is 77.5 Å². The number of methoxy groups -OCH3 is 1. The number of amides is 1.